The van der Waals surface area contributed by atoms with E-state index in [-0.39, 0.29) is 12.8 Å². The van der Waals surface area contributed by atoms with Crippen molar-refractivity contribution in [1.82, 2.24) is 0 Å². The highest BCUT2D eigenvalue weighted by Gasteiger charge is 2.51. The maximum Gasteiger partial charge on any atom is 0.472 e. The van der Waals surface area contributed by atoms with Crippen molar-refractivity contribution in [2.24, 2.45) is 0 Å². The Balaban J connectivity index is 2.54. The summed E-state index contributed by atoms with van der Waals surface area (Å²) in [6.07, 6.45) is 22.1. The summed E-state index contributed by atoms with van der Waals surface area (Å²) < 4.78 is 33.4. The van der Waals surface area contributed by atoms with Crippen LogP contribution in [-0.2, 0) is 32.7 Å². The Bertz CT molecular complexity index is 1130. The van der Waals surface area contributed by atoms with E-state index in [1.807, 2.05) is 0 Å². The van der Waals surface area contributed by atoms with Gasteiger partial charge in [-0.15, -0.1) is 0 Å². The Morgan fingerprint density at radius 3 is 1.54 bits per heavy atom. The lowest BCUT2D eigenvalue weighted by Crippen LogP contribution is -2.64. The minimum Gasteiger partial charge on any atom is -0.462 e. The number of carbonyl (C=O) groups excluding carboxylic acids is 2. The second kappa shape index (κ2) is 33.0. The first-order valence-corrected chi connectivity index (χ1v) is 22.8. The predicted molar refractivity (Wildman–Crippen MR) is 216 cm³/mol. The highest BCUT2D eigenvalue weighted by Crippen LogP contribution is 2.47. The first kappa shape index (κ1) is 52.1. The Morgan fingerprint density at radius 1 is 0.554 bits per heavy atom. The van der Waals surface area contributed by atoms with Gasteiger partial charge < -0.3 is 39.9 Å². The number of aliphatic hydroxyl groups is 5. The number of phosphoric acid groups is 1. The van der Waals surface area contributed by atoms with Gasteiger partial charge in [0, 0.05) is 12.8 Å². The van der Waals surface area contributed by atoms with Gasteiger partial charge in [0.25, 0.3) is 0 Å². The number of hydrogen-bond acceptors (Lipinski definition) is 12. The van der Waals surface area contributed by atoms with Crippen LogP contribution in [0.5, 0.6) is 0 Å². The van der Waals surface area contributed by atoms with Crippen LogP contribution in [0.4, 0.5) is 0 Å². The molecule has 0 bridgehead atoms. The van der Waals surface area contributed by atoms with E-state index in [9.17, 15) is 44.6 Å². The number of carbonyl (C=O) groups is 2. The Morgan fingerprint density at radius 2 is 0.964 bits per heavy atom. The zero-order valence-corrected chi connectivity index (χ0v) is 35.1. The third-order valence-electron chi connectivity index (χ3n) is 9.70. The van der Waals surface area contributed by atoms with Gasteiger partial charge in [0.05, 0.1) is 6.61 Å². The van der Waals surface area contributed by atoms with Crippen LogP contribution in [0.3, 0.4) is 0 Å². The predicted octanol–water partition coefficient (Wildman–Crippen LogP) is 7.44. The van der Waals surface area contributed by atoms with Crippen LogP contribution in [0, 0.1) is 0 Å². The summed E-state index contributed by atoms with van der Waals surface area (Å²) in [6, 6.07) is 0. The number of aliphatic hydroxyl groups excluding tert-OH is 5. The van der Waals surface area contributed by atoms with Crippen molar-refractivity contribution in [1.29, 1.82) is 0 Å². The molecular formula is C42H75O13P. The van der Waals surface area contributed by atoms with E-state index in [0.29, 0.717) is 12.8 Å². The van der Waals surface area contributed by atoms with Gasteiger partial charge in [-0.2, -0.15) is 0 Å². The molecule has 6 N–H and O–H groups in total. The quantitative estimate of drug-likeness (QED) is 0.0162. The topological polar surface area (TPSA) is 210 Å². The number of hydrogen-bond donors (Lipinski definition) is 6. The summed E-state index contributed by atoms with van der Waals surface area (Å²) >= 11 is 0. The highest BCUT2D eigenvalue weighted by molar-refractivity contribution is 7.47. The van der Waals surface area contributed by atoms with E-state index < -0.39 is 75.7 Å². The largest absolute Gasteiger partial charge is 0.472 e. The van der Waals surface area contributed by atoms with E-state index in [1.54, 1.807) is 0 Å². The van der Waals surface area contributed by atoms with Gasteiger partial charge in [-0.1, -0.05) is 115 Å². The van der Waals surface area contributed by atoms with Crippen LogP contribution in [0.25, 0.3) is 0 Å². The van der Waals surface area contributed by atoms with E-state index in [1.165, 1.54) is 57.8 Å². The molecule has 6 unspecified atom stereocenters. The zero-order valence-electron chi connectivity index (χ0n) is 34.2. The number of unbranched alkanes of at least 4 members (excludes halogenated alkanes) is 16. The molecule has 0 radical (unpaired) electrons. The summed E-state index contributed by atoms with van der Waals surface area (Å²) in [6.45, 7) is 3.21. The van der Waals surface area contributed by atoms with E-state index in [2.05, 4.69) is 50.3 Å². The molecule has 0 aromatic heterocycles. The van der Waals surface area contributed by atoms with Crippen molar-refractivity contribution in [3.8, 4) is 0 Å². The minimum absolute atomic E-state index is 0.0525. The summed E-state index contributed by atoms with van der Waals surface area (Å²) in [5.74, 6) is -1.15. The monoisotopic (exact) mass is 818 g/mol. The van der Waals surface area contributed by atoms with Gasteiger partial charge in [0.15, 0.2) is 6.10 Å². The smallest absolute Gasteiger partial charge is 0.462 e. The Hall–Kier alpha value is -1.93. The number of phosphoric ester groups is 1. The van der Waals surface area contributed by atoms with Crippen molar-refractivity contribution < 1.29 is 63.1 Å². The van der Waals surface area contributed by atoms with Crippen molar-refractivity contribution >= 4 is 19.8 Å². The molecule has 0 aliphatic heterocycles. The van der Waals surface area contributed by atoms with Gasteiger partial charge in [-0.3, -0.25) is 18.6 Å². The van der Waals surface area contributed by atoms with Crippen LogP contribution in [-0.4, -0.2) is 98.3 Å². The van der Waals surface area contributed by atoms with Gasteiger partial charge in [0.2, 0.25) is 0 Å². The van der Waals surface area contributed by atoms with Crippen LogP contribution >= 0.6 is 7.82 Å². The molecule has 14 heteroatoms. The first-order valence-electron chi connectivity index (χ1n) is 21.3. The maximum absolute atomic E-state index is 12.8. The SMILES string of the molecule is CCCCC/C=C/CCCCCCCC(=O)OC[C@H](COP(=O)(O)OC1C(O)C(O)C(O)[C@H](O)C1O)OC(=O)CCCC/C=C/C/C=C/CCCCCCCC. The van der Waals surface area contributed by atoms with E-state index in [0.717, 1.165) is 64.2 Å². The molecule has 13 nitrogen and oxygen atoms in total. The fraction of sp³-hybridized carbons (Fsp3) is 0.810. The molecule has 0 spiro atoms. The lowest BCUT2D eigenvalue weighted by atomic mass is 9.85. The normalized spacial score (nSPS) is 23.2. The molecular weight excluding hydrogens is 743 g/mol. The second-order valence-corrected chi connectivity index (χ2v) is 16.2. The fourth-order valence-electron chi connectivity index (χ4n) is 6.19. The highest BCUT2D eigenvalue weighted by atomic mass is 31.2. The number of rotatable bonds is 34. The molecule has 1 saturated carbocycles. The molecule has 0 heterocycles. The summed E-state index contributed by atoms with van der Waals surface area (Å²) in [7, 11) is -5.12. The number of ether oxygens (including phenoxy) is 2. The summed E-state index contributed by atoms with van der Waals surface area (Å²) in [4.78, 5) is 35.5. The fourth-order valence-corrected chi connectivity index (χ4v) is 7.17. The van der Waals surface area contributed by atoms with Gasteiger partial charge in [-0.05, 0) is 70.6 Å². The van der Waals surface area contributed by atoms with Crippen LogP contribution in [0.2, 0.25) is 0 Å². The second-order valence-electron chi connectivity index (χ2n) is 14.8. The Labute approximate surface area is 336 Å². The standard InChI is InChI=1S/C42H75O13P/c1-3-5-7-9-11-13-15-17-18-19-21-23-25-27-29-31-36(44)54-34(32-52-35(43)30-28-26-24-22-20-16-14-12-10-8-6-4-2)33-53-56(50,51)55-42-40(48)38(46)37(45)39(47)41(42)49/h12,14,17-18,21,23,34,37-42,45-49H,3-11,13,15-16,19-20,22,24-33H2,1-2H3,(H,50,51)/b14-12+,18-17+,23-21+/t34-,37?,38+,39?,40?,41?,42?/m1/s1. The molecule has 0 saturated heterocycles. The van der Waals surface area contributed by atoms with E-state index in [4.69, 9.17) is 18.5 Å². The van der Waals surface area contributed by atoms with Crippen LogP contribution < -0.4 is 0 Å². The van der Waals surface area contributed by atoms with Crippen LogP contribution in [0.1, 0.15) is 162 Å². The lowest BCUT2D eigenvalue weighted by Gasteiger charge is -2.41. The summed E-state index contributed by atoms with van der Waals surface area (Å²) in [5, 5.41) is 50.0. The van der Waals surface area contributed by atoms with Crippen molar-refractivity contribution in [2.75, 3.05) is 13.2 Å². The first-order chi connectivity index (χ1) is 26.9. The summed E-state index contributed by atoms with van der Waals surface area (Å²) in [5.41, 5.74) is 0. The molecule has 1 fully saturated rings. The molecule has 0 amide bonds. The number of esters is 2. The van der Waals surface area contributed by atoms with Crippen LogP contribution in [0.15, 0.2) is 36.5 Å². The number of allylic oxidation sites excluding steroid dienone is 6. The van der Waals surface area contributed by atoms with Crippen molar-refractivity contribution in [3.63, 3.8) is 0 Å². The van der Waals surface area contributed by atoms with Crippen molar-refractivity contribution in [2.45, 2.75) is 204 Å². The van der Waals surface area contributed by atoms with Gasteiger partial charge in [-0.25, -0.2) is 4.57 Å². The molecule has 0 aromatic rings. The van der Waals surface area contributed by atoms with E-state index >= 15 is 0 Å². The molecule has 0 aromatic carbocycles. The average molecular weight is 819 g/mol. The van der Waals surface area contributed by atoms with Gasteiger partial charge >= 0.3 is 19.8 Å². The minimum atomic E-state index is -5.12. The maximum atomic E-state index is 12.8. The third kappa shape index (κ3) is 25.4. The molecule has 1 aliphatic carbocycles. The molecule has 8 atom stereocenters. The molecule has 326 valence electrons. The third-order valence-corrected chi connectivity index (χ3v) is 10.7. The molecule has 1 aliphatic rings. The Kier molecular flexibility index (Phi) is 30.7. The molecule has 1 rings (SSSR count). The molecule has 56 heavy (non-hydrogen) atoms. The van der Waals surface area contributed by atoms with Crippen molar-refractivity contribution in [3.05, 3.63) is 36.5 Å². The van der Waals surface area contributed by atoms with Gasteiger partial charge in [0.1, 0.15) is 43.2 Å². The average Bonchev–Trinajstić information content (AvgIpc) is 3.18. The zero-order chi connectivity index (χ0) is 41.4. The lowest BCUT2D eigenvalue weighted by molar-refractivity contribution is -0.220.